The van der Waals surface area contributed by atoms with E-state index in [2.05, 4.69) is 4.72 Å². The molecule has 0 aromatic heterocycles. The van der Waals surface area contributed by atoms with Gasteiger partial charge in [0.2, 0.25) is 10.0 Å². The lowest BCUT2D eigenvalue weighted by Crippen LogP contribution is -2.21. The molecule has 0 amide bonds. The van der Waals surface area contributed by atoms with Gasteiger partial charge >= 0.3 is 0 Å². The Balaban J connectivity index is 2.82. The lowest BCUT2D eigenvalue weighted by atomic mass is 9.94. The minimum absolute atomic E-state index is 0.0190. The molecule has 0 aliphatic rings. The summed E-state index contributed by atoms with van der Waals surface area (Å²) in [6.45, 7) is 8.49. The number of hydrogen-bond donors (Lipinski definition) is 1. The summed E-state index contributed by atoms with van der Waals surface area (Å²) in [4.78, 5) is 0. The van der Waals surface area contributed by atoms with Crippen molar-refractivity contribution in [3.05, 3.63) is 23.8 Å². The van der Waals surface area contributed by atoms with Crippen molar-refractivity contribution in [3.8, 4) is 5.75 Å². The molecule has 0 radical (unpaired) electrons. The molecule has 1 aromatic carbocycles. The van der Waals surface area contributed by atoms with Crippen LogP contribution in [0.2, 0.25) is 0 Å². The number of hydrogen-bond acceptors (Lipinski definition) is 3. The Morgan fingerprint density at radius 1 is 1.29 bits per heavy atom. The van der Waals surface area contributed by atoms with Gasteiger partial charge in [0.15, 0.2) is 0 Å². The van der Waals surface area contributed by atoms with Crippen LogP contribution >= 0.6 is 11.6 Å². The predicted octanol–water partition coefficient (Wildman–Crippen LogP) is 4.00. The van der Waals surface area contributed by atoms with Crippen LogP contribution in [0.3, 0.4) is 0 Å². The lowest BCUT2D eigenvalue weighted by molar-refractivity contribution is 0.337. The highest BCUT2D eigenvalue weighted by molar-refractivity contribution is 7.92. The first-order chi connectivity index (χ1) is 9.67. The highest BCUT2D eigenvalue weighted by Crippen LogP contribution is 2.26. The zero-order valence-electron chi connectivity index (χ0n) is 13.1. The molecule has 1 rings (SSSR count). The van der Waals surface area contributed by atoms with E-state index in [1.54, 1.807) is 18.2 Å². The number of anilines is 1. The summed E-state index contributed by atoms with van der Waals surface area (Å²) in [7, 11) is -3.35. The molecule has 1 N–H and O–H groups in total. The molecule has 0 aliphatic carbocycles. The molecule has 0 atom stereocenters. The highest BCUT2D eigenvalue weighted by Gasteiger charge is 2.17. The zero-order valence-corrected chi connectivity index (χ0v) is 14.6. The fourth-order valence-electron chi connectivity index (χ4n) is 1.71. The Morgan fingerprint density at radius 2 is 1.95 bits per heavy atom. The van der Waals surface area contributed by atoms with Gasteiger partial charge in [0, 0.05) is 11.3 Å². The van der Waals surface area contributed by atoms with Gasteiger partial charge in [-0.1, -0.05) is 20.8 Å². The second-order valence-corrected chi connectivity index (χ2v) is 8.23. The van der Waals surface area contributed by atoms with Crippen LogP contribution in [0.1, 0.15) is 39.7 Å². The summed E-state index contributed by atoms with van der Waals surface area (Å²) < 4.78 is 32.2. The number of nitrogens with one attached hydrogen (secondary N) is 1. The average molecular weight is 334 g/mol. The number of halogens is 1. The van der Waals surface area contributed by atoms with E-state index in [0.717, 1.165) is 5.56 Å². The van der Waals surface area contributed by atoms with Crippen molar-refractivity contribution in [1.29, 1.82) is 0 Å². The van der Waals surface area contributed by atoms with E-state index in [-0.39, 0.29) is 17.0 Å². The molecule has 0 unspecified atom stereocenters. The minimum Gasteiger partial charge on any atom is -0.494 e. The van der Waals surface area contributed by atoms with Gasteiger partial charge in [-0.25, -0.2) is 8.42 Å². The van der Waals surface area contributed by atoms with Crippen LogP contribution in [0.25, 0.3) is 0 Å². The zero-order chi connectivity index (χ0) is 16.1. The van der Waals surface area contributed by atoms with Gasteiger partial charge < -0.3 is 4.74 Å². The van der Waals surface area contributed by atoms with E-state index in [4.69, 9.17) is 16.3 Å². The van der Waals surface area contributed by atoms with Gasteiger partial charge in [-0.2, -0.15) is 0 Å². The quantitative estimate of drug-likeness (QED) is 0.767. The van der Waals surface area contributed by atoms with E-state index in [1.165, 1.54) is 0 Å². The fraction of sp³-hybridized carbons (Fsp3) is 0.600. The van der Waals surface area contributed by atoms with Gasteiger partial charge in [-0.15, -0.1) is 11.6 Å². The number of alkyl halides is 1. The molecule has 0 aliphatic heterocycles. The smallest absolute Gasteiger partial charge is 0.232 e. The molecular formula is C15H24ClNO3S. The first kappa shape index (κ1) is 18.1. The lowest BCUT2D eigenvalue weighted by Gasteiger charge is -2.18. The van der Waals surface area contributed by atoms with E-state index >= 15 is 0 Å². The molecule has 6 heteroatoms. The van der Waals surface area contributed by atoms with Crippen molar-refractivity contribution >= 4 is 27.3 Å². The van der Waals surface area contributed by atoms with Crippen molar-refractivity contribution in [3.63, 3.8) is 0 Å². The number of sulfonamides is 1. The summed E-state index contributed by atoms with van der Waals surface area (Å²) >= 11 is 5.87. The normalized spacial score (nSPS) is 12.2. The Hall–Kier alpha value is -0.940. The number of ether oxygens (including phenoxy) is 1. The Kier molecular flexibility index (Phi) is 6.35. The van der Waals surface area contributed by atoms with Gasteiger partial charge in [-0.3, -0.25) is 4.72 Å². The Morgan fingerprint density at radius 3 is 2.48 bits per heavy atom. The standard InChI is InChI=1S/C15H24ClNO3S/c1-5-20-14-7-6-13(10-12(14)11-16)17-21(18,19)9-8-15(2,3)4/h6-7,10,17H,5,8-9,11H2,1-4H3. The maximum atomic E-state index is 12.1. The van der Waals surface area contributed by atoms with Gasteiger partial charge in [0.1, 0.15) is 5.75 Å². The summed E-state index contributed by atoms with van der Waals surface area (Å²) in [5, 5.41) is 0. The van der Waals surface area contributed by atoms with Crippen LogP contribution in [0.4, 0.5) is 5.69 Å². The van der Waals surface area contributed by atoms with E-state index in [0.29, 0.717) is 24.5 Å². The van der Waals surface area contributed by atoms with Crippen molar-refractivity contribution in [2.75, 3.05) is 17.1 Å². The summed E-state index contributed by atoms with van der Waals surface area (Å²) in [5.74, 6) is 1.05. The summed E-state index contributed by atoms with van der Waals surface area (Å²) in [6, 6.07) is 5.14. The number of rotatable bonds is 7. The molecule has 21 heavy (non-hydrogen) atoms. The number of benzene rings is 1. The van der Waals surface area contributed by atoms with Crippen molar-refractivity contribution in [1.82, 2.24) is 0 Å². The first-order valence-corrected chi connectivity index (χ1v) is 9.18. The van der Waals surface area contributed by atoms with Gasteiger partial charge in [-0.05, 0) is 37.0 Å². The largest absolute Gasteiger partial charge is 0.494 e. The van der Waals surface area contributed by atoms with Crippen LogP contribution in [0.15, 0.2) is 18.2 Å². The molecule has 0 saturated heterocycles. The fourth-order valence-corrected chi connectivity index (χ4v) is 3.39. The second-order valence-electron chi connectivity index (χ2n) is 6.12. The molecule has 0 heterocycles. The molecule has 1 aromatic rings. The first-order valence-electron chi connectivity index (χ1n) is 6.99. The van der Waals surface area contributed by atoms with Crippen LogP contribution in [-0.2, 0) is 15.9 Å². The van der Waals surface area contributed by atoms with Crippen molar-refractivity contribution in [2.45, 2.75) is 40.0 Å². The second kappa shape index (κ2) is 7.36. The van der Waals surface area contributed by atoms with E-state index in [9.17, 15) is 8.42 Å². The maximum Gasteiger partial charge on any atom is 0.232 e. The SMILES string of the molecule is CCOc1ccc(NS(=O)(=O)CCC(C)(C)C)cc1CCl. The van der Waals surface area contributed by atoms with Gasteiger partial charge in [0.25, 0.3) is 0 Å². The molecular weight excluding hydrogens is 310 g/mol. The summed E-state index contributed by atoms with van der Waals surface area (Å²) in [6.07, 6.45) is 0.599. The van der Waals surface area contributed by atoms with E-state index < -0.39 is 10.0 Å². The van der Waals surface area contributed by atoms with Crippen LogP contribution in [0.5, 0.6) is 5.75 Å². The van der Waals surface area contributed by atoms with Crippen molar-refractivity contribution in [2.24, 2.45) is 5.41 Å². The Bertz CT molecular complexity index is 565. The third kappa shape index (κ3) is 6.57. The average Bonchev–Trinajstić information content (AvgIpc) is 2.37. The molecule has 120 valence electrons. The van der Waals surface area contributed by atoms with Crippen LogP contribution in [0, 0.1) is 5.41 Å². The summed E-state index contributed by atoms with van der Waals surface area (Å²) in [5.41, 5.74) is 1.27. The van der Waals surface area contributed by atoms with Crippen LogP contribution < -0.4 is 9.46 Å². The van der Waals surface area contributed by atoms with Gasteiger partial charge in [0.05, 0.1) is 18.2 Å². The van der Waals surface area contributed by atoms with Crippen LogP contribution in [-0.4, -0.2) is 20.8 Å². The predicted molar refractivity (Wildman–Crippen MR) is 88.6 cm³/mol. The van der Waals surface area contributed by atoms with E-state index in [1.807, 2.05) is 27.7 Å². The Labute approximate surface area is 132 Å². The third-order valence-corrected chi connectivity index (χ3v) is 4.47. The molecule has 0 saturated carbocycles. The minimum atomic E-state index is -3.35. The molecule has 4 nitrogen and oxygen atoms in total. The molecule has 0 bridgehead atoms. The van der Waals surface area contributed by atoms with Crippen molar-refractivity contribution < 1.29 is 13.2 Å². The topological polar surface area (TPSA) is 55.4 Å². The molecule has 0 spiro atoms. The monoisotopic (exact) mass is 333 g/mol. The highest BCUT2D eigenvalue weighted by atomic mass is 35.5. The molecule has 0 fully saturated rings. The third-order valence-electron chi connectivity index (χ3n) is 2.90. The maximum absolute atomic E-state index is 12.1.